The Kier molecular flexibility index (Phi) is 4.79. The molecule has 0 rings (SSSR count). The van der Waals surface area contributed by atoms with E-state index >= 15 is 0 Å². The van der Waals surface area contributed by atoms with Gasteiger partial charge in [-0.2, -0.15) is 0 Å². The summed E-state index contributed by atoms with van der Waals surface area (Å²) in [5, 5.41) is 3.44. The quantitative estimate of drug-likeness (QED) is 0.695. The van der Waals surface area contributed by atoms with Gasteiger partial charge in [-0.1, -0.05) is 39.0 Å². The third-order valence-electron chi connectivity index (χ3n) is 2.42. The lowest BCUT2D eigenvalue weighted by Crippen LogP contribution is -2.35. The Morgan fingerprint density at radius 1 is 1.13 bits per heavy atom. The fourth-order valence-corrected chi connectivity index (χ4v) is 1.23. The van der Waals surface area contributed by atoms with Crippen molar-refractivity contribution in [2.24, 2.45) is 5.41 Å². The molecule has 0 aromatic carbocycles. The van der Waals surface area contributed by atoms with Crippen molar-refractivity contribution in [3.63, 3.8) is 0 Å². The summed E-state index contributed by atoms with van der Waals surface area (Å²) in [4.78, 5) is 0. The minimum atomic E-state index is 0.169. The molecule has 0 spiro atoms. The summed E-state index contributed by atoms with van der Waals surface area (Å²) < 4.78 is 0. The molecule has 0 saturated carbocycles. The van der Waals surface area contributed by atoms with Crippen molar-refractivity contribution < 1.29 is 0 Å². The Bertz CT molecular complexity index is 245. The van der Waals surface area contributed by atoms with Gasteiger partial charge in [-0.3, -0.25) is 0 Å². The molecule has 88 valence electrons. The average molecular weight is 209 g/mol. The second kappa shape index (κ2) is 4.98. The molecular formula is C14H27N. The summed E-state index contributed by atoms with van der Waals surface area (Å²) in [6, 6.07) is 0. The maximum Gasteiger partial charge on any atom is 0.0145 e. The van der Waals surface area contributed by atoms with Crippen molar-refractivity contribution in [1.29, 1.82) is 0 Å². The predicted molar refractivity (Wildman–Crippen MR) is 70.1 cm³/mol. The molecule has 0 aromatic rings. The minimum Gasteiger partial charge on any atom is -0.309 e. The molecule has 1 nitrogen and oxygen atoms in total. The summed E-state index contributed by atoms with van der Waals surface area (Å²) in [7, 11) is 0. The van der Waals surface area contributed by atoms with Crippen molar-refractivity contribution in [2.45, 2.75) is 54.0 Å². The van der Waals surface area contributed by atoms with Crippen LogP contribution in [0.25, 0.3) is 0 Å². The van der Waals surface area contributed by atoms with Gasteiger partial charge in [0.15, 0.2) is 0 Å². The van der Waals surface area contributed by atoms with E-state index in [4.69, 9.17) is 0 Å². The molecule has 0 aliphatic carbocycles. The molecule has 0 aliphatic heterocycles. The van der Waals surface area contributed by atoms with Gasteiger partial charge in [0.25, 0.3) is 0 Å². The lowest BCUT2D eigenvalue weighted by Gasteiger charge is -2.23. The number of hydrogen-bond donors (Lipinski definition) is 1. The Balaban J connectivity index is 4.29. The Morgan fingerprint density at radius 3 is 1.93 bits per heavy atom. The topological polar surface area (TPSA) is 12.0 Å². The van der Waals surface area contributed by atoms with Gasteiger partial charge < -0.3 is 5.32 Å². The van der Waals surface area contributed by atoms with Gasteiger partial charge in [0, 0.05) is 12.1 Å². The fraction of sp³-hybridized carbons (Fsp3) is 0.714. The molecule has 0 aliphatic rings. The SMILES string of the molecule is C=C(/C(C)=C/CNC(C)(C)C)C(C)(C)C. The van der Waals surface area contributed by atoms with E-state index in [1.165, 1.54) is 11.1 Å². The average Bonchev–Trinajstić information content (AvgIpc) is 1.98. The van der Waals surface area contributed by atoms with Gasteiger partial charge >= 0.3 is 0 Å². The largest absolute Gasteiger partial charge is 0.309 e. The number of rotatable bonds is 3. The first-order valence-corrected chi connectivity index (χ1v) is 5.65. The lowest BCUT2D eigenvalue weighted by molar-refractivity contribution is 0.448. The van der Waals surface area contributed by atoms with Gasteiger partial charge in [-0.05, 0) is 38.7 Å². The summed E-state index contributed by atoms with van der Waals surface area (Å²) in [5.41, 5.74) is 2.86. The van der Waals surface area contributed by atoms with E-state index in [1.807, 2.05) is 0 Å². The van der Waals surface area contributed by atoms with Crippen LogP contribution in [0.1, 0.15) is 48.5 Å². The monoisotopic (exact) mass is 209 g/mol. The molecular weight excluding hydrogens is 182 g/mol. The number of nitrogens with one attached hydrogen (secondary N) is 1. The van der Waals surface area contributed by atoms with Crippen molar-refractivity contribution in [1.82, 2.24) is 5.32 Å². The summed E-state index contributed by atoms with van der Waals surface area (Å²) >= 11 is 0. The molecule has 0 fully saturated rings. The highest BCUT2D eigenvalue weighted by Gasteiger charge is 2.15. The molecule has 0 aromatic heterocycles. The predicted octanol–water partition coefficient (Wildman–Crippen LogP) is 3.92. The van der Waals surface area contributed by atoms with Crippen LogP contribution in [0.3, 0.4) is 0 Å². The lowest BCUT2D eigenvalue weighted by atomic mass is 9.83. The van der Waals surface area contributed by atoms with Gasteiger partial charge in [0.1, 0.15) is 0 Å². The van der Waals surface area contributed by atoms with E-state index in [0.717, 1.165) is 6.54 Å². The first-order valence-electron chi connectivity index (χ1n) is 5.65. The van der Waals surface area contributed by atoms with Crippen LogP contribution in [-0.4, -0.2) is 12.1 Å². The van der Waals surface area contributed by atoms with E-state index in [1.54, 1.807) is 0 Å². The van der Waals surface area contributed by atoms with Crippen LogP contribution in [0.15, 0.2) is 23.8 Å². The summed E-state index contributed by atoms with van der Waals surface area (Å²) in [5.74, 6) is 0. The third kappa shape index (κ3) is 6.51. The second-order valence-electron chi connectivity index (χ2n) is 6.25. The maximum atomic E-state index is 4.14. The zero-order chi connectivity index (χ0) is 12.3. The van der Waals surface area contributed by atoms with E-state index < -0.39 is 0 Å². The summed E-state index contributed by atoms with van der Waals surface area (Å²) in [6.07, 6.45) is 2.22. The zero-order valence-corrected chi connectivity index (χ0v) is 11.5. The van der Waals surface area contributed by atoms with Crippen LogP contribution < -0.4 is 5.32 Å². The molecule has 0 bridgehead atoms. The van der Waals surface area contributed by atoms with Crippen molar-refractivity contribution in [3.8, 4) is 0 Å². The van der Waals surface area contributed by atoms with E-state index in [0.29, 0.717) is 0 Å². The Labute approximate surface area is 95.7 Å². The Hall–Kier alpha value is -0.560. The first kappa shape index (κ1) is 14.4. The van der Waals surface area contributed by atoms with Gasteiger partial charge in [-0.25, -0.2) is 0 Å². The van der Waals surface area contributed by atoms with Crippen LogP contribution in [0.2, 0.25) is 0 Å². The van der Waals surface area contributed by atoms with Crippen molar-refractivity contribution in [3.05, 3.63) is 23.8 Å². The second-order valence-corrected chi connectivity index (χ2v) is 6.25. The third-order valence-corrected chi connectivity index (χ3v) is 2.42. The molecule has 1 N–H and O–H groups in total. The van der Waals surface area contributed by atoms with E-state index in [2.05, 4.69) is 66.4 Å². The summed E-state index contributed by atoms with van der Waals surface area (Å²) in [6.45, 7) is 20.3. The van der Waals surface area contributed by atoms with Gasteiger partial charge in [-0.15, -0.1) is 0 Å². The molecule has 0 saturated heterocycles. The van der Waals surface area contributed by atoms with E-state index in [-0.39, 0.29) is 11.0 Å². The van der Waals surface area contributed by atoms with Crippen LogP contribution in [-0.2, 0) is 0 Å². The highest BCUT2D eigenvalue weighted by molar-refractivity contribution is 5.31. The maximum absolute atomic E-state index is 4.14. The smallest absolute Gasteiger partial charge is 0.0145 e. The van der Waals surface area contributed by atoms with Gasteiger partial charge in [0.05, 0.1) is 0 Å². The normalized spacial score (nSPS) is 14.2. The number of allylic oxidation sites excluding steroid dienone is 2. The first-order chi connectivity index (χ1) is 6.54. The Morgan fingerprint density at radius 2 is 1.60 bits per heavy atom. The fourth-order valence-electron chi connectivity index (χ4n) is 1.23. The molecule has 0 amide bonds. The van der Waals surface area contributed by atoms with Crippen LogP contribution in [0.5, 0.6) is 0 Å². The van der Waals surface area contributed by atoms with Crippen molar-refractivity contribution >= 4 is 0 Å². The van der Waals surface area contributed by atoms with Crippen LogP contribution in [0.4, 0.5) is 0 Å². The number of hydrogen-bond acceptors (Lipinski definition) is 1. The zero-order valence-electron chi connectivity index (χ0n) is 11.5. The highest BCUT2D eigenvalue weighted by Crippen LogP contribution is 2.28. The molecule has 0 atom stereocenters. The van der Waals surface area contributed by atoms with Gasteiger partial charge in [0.2, 0.25) is 0 Å². The molecule has 1 heteroatoms. The van der Waals surface area contributed by atoms with Crippen LogP contribution >= 0.6 is 0 Å². The van der Waals surface area contributed by atoms with E-state index in [9.17, 15) is 0 Å². The molecule has 0 heterocycles. The standard InChI is InChI=1S/C14H27N/c1-11(12(2)13(3,4)5)9-10-15-14(6,7)8/h9,15H,2,10H2,1,3-8H3/b11-9+. The highest BCUT2D eigenvalue weighted by atomic mass is 14.9. The molecule has 0 radical (unpaired) electrons. The molecule has 15 heavy (non-hydrogen) atoms. The van der Waals surface area contributed by atoms with Crippen molar-refractivity contribution in [2.75, 3.05) is 6.54 Å². The minimum absolute atomic E-state index is 0.169. The van der Waals surface area contributed by atoms with Crippen LogP contribution in [0, 0.1) is 5.41 Å². The molecule has 0 unspecified atom stereocenters.